The number of morpholine rings is 1. The highest BCUT2D eigenvalue weighted by atomic mass is 32.1. The minimum absolute atomic E-state index is 0.118. The van der Waals surface area contributed by atoms with Crippen LogP contribution < -0.4 is 5.32 Å². The van der Waals surface area contributed by atoms with Crippen molar-refractivity contribution in [2.75, 3.05) is 38.7 Å². The van der Waals surface area contributed by atoms with E-state index < -0.39 is 5.91 Å². The van der Waals surface area contributed by atoms with Crippen molar-refractivity contribution in [1.82, 2.24) is 9.91 Å². The van der Waals surface area contributed by atoms with Crippen LogP contribution in [-0.4, -0.2) is 66.7 Å². The molecule has 0 bridgehead atoms. The van der Waals surface area contributed by atoms with Gasteiger partial charge in [-0.1, -0.05) is 30.3 Å². The number of anilines is 1. The van der Waals surface area contributed by atoms with Gasteiger partial charge >= 0.3 is 0 Å². The van der Waals surface area contributed by atoms with Crippen LogP contribution in [0.2, 0.25) is 0 Å². The largest absolute Gasteiger partial charge is 0.378 e. The lowest BCUT2D eigenvalue weighted by atomic mass is 10.1. The van der Waals surface area contributed by atoms with Crippen molar-refractivity contribution in [3.8, 4) is 10.4 Å². The van der Waals surface area contributed by atoms with E-state index in [9.17, 15) is 14.4 Å². The molecule has 1 N–H and O–H groups in total. The highest BCUT2D eigenvalue weighted by molar-refractivity contribution is 7.20. The third-order valence-electron chi connectivity index (χ3n) is 5.39. The monoisotopic (exact) mass is 440 g/mol. The fourth-order valence-electron chi connectivity index (χ4n) is 3.66. The maximum atomic E-state index is 13.4. The number of ether oxygens (including phenoxy) is 1. The summed E-state index contributed by atoms with van der Waals surface area (Å²) in [5.74, 6) is -0.637. The van der Waals surface area contributed by atoms with Crippen LogP contribution in [0.3, 0.4) is 0 Å². The van der Waals surface area contributed by atoms with Crippen molar-refractivity contribution in [3.05, 3.63) is 41.5 Å². The standard InChI is InChI=1S/C22H24N4O4S/c1-14-18(22(29)26-10-12-30-13-11-26)21(31-19(14)15-6-4-3-5-7-15)23-20(28)16-8-9-17(27)25(2)24-16/h3-7H,8-13H2,1-2H3,(H,23,28). The van der Waals surface area contributed by atoms with E-state index in [0.29, 0.717) is 36.9 Å². The SMILES string of the molecule is Cc1c(-c2ccccc2)sc(NC(=O)C2=NN(C)C(=O)CC2)c1C(=O)N1CCOCC1. The Hall–Kier alpha value is -3.04. The van der Waals surface area contributed by atoms with Gasteiger partial charge in [-0.05, 0) is 18.1 Å². The zero-order valence-corrected chi connectivity index (χ0v) is 18.3. The number of carbonyl (C=O) groups is 3. The summed E-state index contributed by atoms with van der Waals surface area (Å²) < 4.78 is 5.37. The third kappa shape index (κ3) is 4.38. The molecule has 0 unspecified atom stereocenters. The topological polar surface area (TPSA) is 91.3 Å². The number of hydrogen-bond acceptors (Lipinski definition) is 6. The van der Waals surface area contributed by atoms with E-state index >= 15 is 0 Å². The Bertz CT molecular complexity index is 1040. The van der Waals surface area contributed by atoms with Crippen LogP contribution in [-0.2, 0) is 14.3 Å². The van der Waals surface area contributed by atoms with E-state index in [1.165, 1.54) is 23.4 Å². The van der Waals surface area contributed by atoms with Gasteiger partial charge in [0.2, 0.25) is 5.91 Å². The smallest absolute Gasteiger partial charge is 0.272 e. The number of benzene rings is 1. The molecule has 1 aromatic carbocycles. The molecule has 0 radical (unpaired) electrons. The van der Waals surface area contributed by atoms with Crippen molar-refractivity contribution in [3.63, 3.8) is 0 Å². The molecule has 9 heteroatoms. The molecule has 3 amide bonds. The summed E-state index contributed by atoms with van der Waals surface area (Å²) in [5, 5.41) is 8.68. The molecule has 31 heavy (non-hydrogen) atoms. The number of hydrazone groups is 1. The van der Waals surface area contributed by atoms with Gasteiger partial charge in [-0.25, -0.2) is 5.01 Å². The number of nitrogens with one attached hydrogen (secondary N) is 1. The Kier molecular flexibility index (Phi) is 6.15. The van der Waals surface area contributed by atoms with Gasteiger partial charge in [0.05, 0.1) is 18.8 Å². The second-order valence-corrected chi connectivity index (χ2v) is 8.47. The van der Waals surface area contributed by atoms with E-state index in [1.54, 1.807) is 4.90 Å². The lowest BCUT2D eigenvalue weighted by Crippen LogP contribution is -2.41. The first-order valence-corrected chi connectivity index (χ1v) is 11.0. The fourth-order valence-corrected chi connectivity index (χ4v) is 4.86. The van der Waals surface area contributed by atoms with Gasteiger partial charge in [-0.15, -0.1) is 11.3 Å². The Balaban J connectivity index is 1.70. The molecule has 1 aromatic heterocycles. The Labute approximate surface area is 184 Å². The Morgan fingerprint density at radius 1 is 1.13 bits per heavy atom. The molecule has 162 valence electrons. The van der Waals surface area contributed by atoms with Crippen molar-refractivity contribution in [1.29, 1.82) is 0 Å². The molecule has 1 saturated heterocycles. The minimum Gasteiger partial charge on any atom is -0.378 e. The molecule has 4 rings (SSSR count). The molecule has 2 aromatic rings. The number of amides is 3. The average Bonchev–Trinajstić information content (AvgIpc) is 3.11. The number of rotatable bonds is 4. The van der Waals surface area contributed by atoms with Crippen LogP contribution in [0, 0.1) is 6.92 Å². The summed E-state index contributed by atoms with van der Waals surface area (Å²) in [6.45, 7) is 3.94. The van der Waals surface area contributed by atoms with Crippen molar-refractivity contribution in [2.45, 2.75) is 19.8 Å². The van der Waals surface area contributed by atoms with E-state index in [-0.39, 0.29) is 30.4 Å². The normalized spacial score (nSPS) is 16.8. The summed E-state index contributed by atoms with van der Waals surface area (Å²) in [6, 6.07) is 9.80. The van der Waals surface area contributed by atoms with E-state index in [1.807, 2.05) is 37.3 Å². The summed E-state index contributed by atoms with van der Waals surface area (Å²) >= 11 is 1.38. The highest BCUT2D eigenvalue weighted by Crippen LogP contribution is 2.40. The number of carbonyl (C=O) groups excluding carboxylic acids is 3. The van der Waals surface area contributed by atoms with Gasteiger partial charge in [-0.2, -0.15) is 5.10 Å². The number of nitrogens with zero attached hydrogens (tertiary/aromatic N) is 3. The predicted octanol–water partition coefficient (Wildman–Crippen LogP) is 2.74. The van der Waals surface area contributed by atoms with Crippen molar-refractivity contribution >= 4 is 39.8 Å². The first-order valence-electron chi connectivity index (χ1n) is 10.2. The molecule has 1 fully saturated rings. The molecule has 8 nitrogen and oxygen atoms in total. The first kappa shape index (κ1) is 21.2. The number of thiophene rings is 1. The zero-order chi connectivity index (χ0) is 22.0. The van der Waals surface area contributed by atoms with Crippen molar-refractivity contribution < 1.29 is 19.1 Å². The lowest BCUT2D eigenvalue weighted by Gasteiger charge is -2.27. The maximum absolute atomic E-state index is 13.4. The van der Waals surface area contributed by atoms with E-state index in [4.69, 9.17) is 4.74 Å². The molecule has 0 saturated carbocycles. The van der Waals surface area contributed by atoms with Crippen LogP contribution in [0.15, 0.2) is 35.4 Å². The van der Waals surface area contributed by atoms with Gasteiger partial charge < -0.3 is 15.0 Å². The van der Waals surface area contributed by atoms with Crippen LogP contribution >= 0.6 is 11.3 Å². The molecule has 2 aliphatic rings. The summed E-state index contributed by atoms with van der Waals surface area (Å²) in [7, 11) is 1.53. The summed E-state index contributed by atoms with van der Waals surface area (Å²) in [4.78, 5) is 40.7. The third-order valence-corrected chi connectivity index (χ3v) is 6.65. The van der Waals surface area contributed by atoms with Crippen LogP contribution in [0.1, 0.15) is 28.8 Å². The quantitative estimate of drug-likeness (QED) is 0.791. The Morgan fingerprint density at radius 2 is 1.84 bits per heavy atom. The van der Waals surface area contributed by atoms with Gasteiger partial charge in [0.25, 0.3) is 11.8 Å². The second-order valence-electron chi connectivity index (χ2n) is 7.45. The van der Waals surface area contributed by atoms with Crippen LogP contribution in [0.5, 0.6) is 0 Å². The van der Waals surface area contributed by atoms with Gasteiger partial charge in [0.15, 0.2) is 0 Å². The van der Waals surface area contributed by atoms with Gasteiger partial charge in [0.1, 0.15) is 10.7 Å². The second kappa shape index (κ2) is 8.99. The van der Waals surface area contributed by atoms with Gasteiger partial charge in [-0.3, -0.25) is 14.4 Å². The predicted molar refractivity (Wildman–Crippen MR) is 119 cm³/mol. The molecule has 0 aliphatic carbocycles. The molecule has 0 spiro atoms. The first-order chi connectivity index (χ1) is 15.0. The highest BCUT2D eigenvalue weighted by Gasteiger charge is 2.29. The molecule has 3 heterocycles. The van der Waals surface area contributed by atoms with Gasteiger partial charge in [0, 0.05) is 37.9 Å². The van der Waals surface area contributed by atoms with Crippen LogP contribution in [0.4, 0.5) is 5.00 Å². The molecule has 2 aliphatic heterocycles. The van der Waals surface area contributed by atoms with E-state index in [0.717, 1.165) is 16.0 Å². The summed E-state index contributed by atoms with van der Waals surface area (Å²) in [6.07, 6.45) is 0.513. The van der Waals surface area contributed by atoms with Crippen LogP contribution in [0.25, 0.3) is 10.4 Å². The minimum atomic E-state index is -0.392. The van der Waals surface area contributed by atoms with E-state index in [2.05, 4.69) is 10.4 Å². The maximum Gasteiger partial charge on any atom is 0.272 e. The molecule has 0 atom stereocenters. The fraction of sp³-hybridized carbons (Fsp3) is 0.364. The molecular formula is C22H24N4O4S. The Morgan fingerprint density at radius 3 is 2.52 bits per heavy atom. The zero-order valence-electron chi connectivity index (χ0n) is 17.5. The van der Waals surface area contributed by atoms with Crippen molar-refractivity contribution in [2.24, 2.45) is 5.10 Å². The summed E-state index contributed by atoms with van der Waals surface area (Å²) in [5.41, 5.74) is 2.60. The lowest BCUT2D eigenvalue weighted by molar-refractivity contribution is -0.130. The average molecular weight is 441 g/mol. The molecular weight excluding hydrogens is 416 g/mol. The number of hydrogen-bond donors (Lipinski definition) is 1.